The van der Waals surface area contributed by atoms with Crippen molar-refractivity contribution < 1.29 is 18.3 Å². The highest BCUT2D eigenvalue weighted by Crippen LogP contribution is 2.49. The van der Waals surface area contributed by atoms with Crippen LogP contribution in [0.2, 0.25) is 10.0 Å². The summed E-state index contributed by atoms with van der Waals surface area (Å²) in [4.78, 5) is 38.2. The van der Waals surface area contributed by atoms with Gasteiger partial charge in [-0.1, -0.05) is 29.8 Å². The molecule has 3 saturated heterocycles. The van der Waals surface area contributed by atoms with Crippen LogP contribution in [0, 0.1) is 17.0 Å². The molecule has 3 atom stereocenters. The van der Waals surface area contributed by atoms with Gasteiger partial charge < -0.3 is 19.4 Å². The molecule has 4 aliphatic heterocycles. The van der Waals surface area contributed by atoms with Crippen LogP contribution in [0.25, 0.3) is 22.0 Å². The third-order valence-electron chi connectivity index (χ3n) is 10.1. The Hall–Kier alpha value is -2.70. The third kappa shape index (κ3) is 5.32. The van der Waals surface area contributed by atoms with Crippen molar-refractivity contribution in [2.75, 3.05) is 56.6 Å². The highest BCUT2D eigenvalue weighted by atomic mass is 35.5. The molecule has 1 amide bonds. The van der Waals surface area contributed by atoms with E-state index in [1.807, 2.05) is 18.7 Å². The Labute approximate surface area is 280 Å². The first-order valence-corrected chi connectivity index (χ1v) is 17.3. The molecule has 0 saturated carbocycles. The summed E-state index contributed by atoms with van der Waals surface area (Å²) in [6.45, 7) is 12.6. The molecule has 0 aliphatic carbocycles. The largest absolute Gasteiger partial charge is 0.380 e. The molecule has 46 heavy (non-hydrogen) atoms. The van der Waals surface area contributed by atoms with Crippen LogP contribution in [0.5, 0.6) is 0 Å². The van der Waals surface area contributed by atoms with Gasteiger partial charge in [0.05, 0.1) is 34.8 Å². The number of aromatic nitrogens is 2. The Morgan fingerprint density at radius 3 is 2.52 bits per heavy atom. The van der Waals surface area contributed by atoms with Crippen molar-refractivity contribution in [1.29, 1.82) is 0 Å². The second-order valence-electron chi connectivity index (χ2n) is 13.1. The number of benzene rings is 2. The molecule has 13 heteroatoms. The summed E-state index contributed by atoms with van der Waals surface area (Å²) in [5, 5.41) is 0.690. The Kier molecular flexibility index (Phi) is 8.37. The Morgan fingerprint density at radius 1 is 1.11 bits per heavy atom. The van der Waals surface area contributed by atoms with Crippen LogP contribution < -0.4 is 10.6 Å². The number of anilines is 1. The molecule has 0 radical (unpaired) electrons. The number of amides is 1. The van der Waals surface area contributed by atoms with Gasteiger partial charge in [-0.2, -0.15) is 4.98 Å². The zero-order valence-corrected chi connectivity index (χ0v) is 28.0. The van der Waals surface area contributed by atoms with Crippen molar-refractivity contribution in [2.45, 2.75) is 49.7 Å². The lowest BCUT2D eigenvalue weighted by Crippen LogP contribution is -2.58. The van der Waals surface area contributed by atoms with Crippen molar-refractivity contribution in [1.82, 2.24) is 19.4 Å². The van der Waals surface area contributed by atoms with E-state index in [9.17, 15) is 14.0 Å². The van der Waals surface area contributed by atoms with E-state index in [0.717, 1.165) is 45.2 Å². The van der Waals surface area contributed by atoms with Crippen LogP contribution in [0.3, 0.4) is 0 Å². The van der Waals surface area contributed by atoms with E-state index in [2.05, 4.69) is 16.5 Å². The van der Waals surface area contributed by atoms with Gasteiger partial charge in [-0.3, -0.25) is 9.36 Å². The second-order valence-corrected chi connectivity index (χ2v) is 14.9. The van der Waals surface area contributed by atoms with Crippen LogP contribution in [0.1, 0.15) is 32.7 Å². The Balaban J connectivity index is 1.36. The molecule has 5 heterocycles. The maximum Gasteiger partial charge on any atom is 0.350 e. The number of carbonyl (C=O) groups excluding carboxylic acids is 1. The number of rotatable bonds is 5. The molecular weight excluding hydrogens is 655 g/mol. The summed E-state index contributed by atoms with van der Waals surface area (Å²) in [7, 11) is 0. The summed E-state index contributed by atoms with van der Waals surface area (Å²) < 4.78 is 36.8. The normalized spacial score (nSPS) is 24.3. The summed E-state index contributed by atoms with van der Waals surface area (Å²) in [5.41, 5.74) is 0.957. The molecule has 2 aromatic carbocycles. The molecule has 0 N–H and O–H groups in total. The second kappa shape index (κ2) is 12.1. The van der Waals surface area contributed by atoms with E-state index >= 15 is 4.39 Å². The third-order valence-corrected chi connectivity index (χ3v) is 11.9. The van der Waals surface area contributed by atoms with E-state index < -0.39 is 17.3 Å². The Bertz CT molecular complexity index is 1810. The van der Waals surface area contributed by atoms with Crippen LogP contribution in [0.4, 0.5) is 14.6 Å². The minimum absolute atomic E-state index is 0.0687. The van der Waals surface area contributed by atoms with E-state index in [1.165, 1.54) is 23.9 Å². The average molecular weight is 691 g/mol. The first-order valence-electron chi connectivity index (χ1n) is 15.6. The summed E-state index contributed by atoms with van der Waals surface area (Å²) in [6, 6.07) is 3.23. The highest BCUT2D eigenvalue weighted by molar-refractivity contribution is 7.99. The molecule has 1 spiro atoms. The number of carbonyl (C=O) groups is 1. The van der Waals surface area contributed by atoms with Gasteiger partial charge >= 0.3 is 5.69 Å². The molecule has 2 unspecified atom stereocenters. The summed E-state index contributed by atoms with van der Waals surface area (Å²) >= 11 is 14.6. The van der Waals surface area contributed by atoms with Crippen molar-refractivity contribution in [3.05, 3.63) is 63.0 Å². The highest BCUT2D eigenvalue weighted by Gasteiger charge is 2.42. The maximum absolute atomic E-state index is 15.4. The van der Waals surface area contributed by atoms with Crippen molar-refractivity contribution >= 4 is 57.6 Å². The van der Waals surface area contributed by atoms with Crippen LogP contribution in [-0.4, -0.2) is 89.0 Å². The first-order chi connectivity index (χ1) is 22.0. The van der Waals surface area contributed by atoms with Crippen molar-refractivity contribution in [3.63, 3.8) is 0 Å². The zero-order valence-electron chi connectivity index (χ0n) is 25.7. The molecule has 244 valence electrons. The van der Waals surface area contributed by atoms with Crippen LogP contribution in [-0.2, 0) is 9.53 Å². The molecule has 0 bridgehead atoms. The SMILES string of the molecule is C=CC(=O)N1CC(C)N(c2nc(=O)n3c4c(c(-c5cc(Cl)c(F)cc5F)c(Cl)cc24)SCC3CN2CCC3(CC2)COC3)C[C@H]1C. The quantitative estimate of drug-likeness (QED) is 0.240. The fourth-order valence-electron chi connectivity index (χ4n) is 7.41. The number of likely N-dealkylation sites (tertiary alicyclic amines) is 1. The average Bonchev–Trinajstić information content (AvgIpc) is 3.01. The molecule has 8 nitrogen and oxygen atoms in total. The van der Waals surface area contributed by atoms with E-state index in [0.29, 0.717) is 52.6 Å². The number of hydrogen-bond acceptors (Lipinski definition) is 7. The van der Waals surface area contributed by atoms with Gasteiger partial charge in [-0.05, 0) is 58.0 Å². The lowest BCUT2D eigenvalue weighted by atomic mass is 9.77. The smallest absolute Gasteiger partial charge is 0.350 e. The predicted octanol–water partition coefficient (Wildman–Crippen LogP) is 6.02. The first kappa shape index (κ1) is 31.9. The fourth-order valence-corrected chi connectivity index (χ4v) is 9.26. The zero-order chi connectivity index (χ0) is 32.5. The van der Waals surface area contributed by atoms with Crippen LogP contribution in [0.15, 0.2) is 40.5 Å². The predicted molar refractivity (Wildman–Crippen MR) is 178 cm³/mol. The molecule has 7 rings (SSSR count). The van der Waals surface area contributed by atoms with Crippen LogP contribution >= 0.6 is 35.0 Å². The minimum atomic E-state index is -0.862. The Morgan fingerprint density at radius 2 is 1.85 bits per heavy atom. The summed E-state index contributed by atoms with van der Waals surface area (Å²) in [5.74, 6) is -0.784. The fraction of sp³-hybridized carbons (Fsp3) is 0.485. The maximum atomic E-state index is 15.4. The van der Waals surface area contributed by atoms with E-state index in [4.69, 9.17) is 27.9 Å². The van der Waals surface area contributed by atoms with Gasteiger partial charge in [0, 0.05) is 70.4 Å². The number of ether oxygens (including phenoxy) is 1. The number of piperidine rings is 1. The van der Waals surface area contributed by atoms with Gasteiger partial charge in [-0.15, -0.1) is 11.8 Å². The van der Waals surface area contributed by atoms with Crippen molar-refractivity contribution in [2.24, 2.45) is 5.41 Å². The van der Waals surface area contributed by atoms with Gasteiger partial charge in [0.15, 0.2) is 0 Å². The number of piperazine rings is 1. The molecular formula is C33H35Cl2F2N5O3S. The number of halogens is 4. The van der Waals surface area contributed by atoms with E-state index in [-0.39, 0.29) is 45.1 Å². The monoisotopic (exact) mass is 689 g/mol. The standard InChI is InChI=1S/C33H35Cl2F2N5O3S/c1-4-27(43)40-12-19(3)41(13-18(40)2)31-22-10-24(35)28(21-9-23(34)26(37)11-25(21)36)30-29(22)42(32(44)38-31)20(15-46-30)14-39-7-5-33(6-8-39)16-45-17-33/h4,9-11,18-20H,1,5-8,12-17H2,2-3H3/t18-,19?,20?/m1/s1. The van der Waals surface area contributed by atoms with Gasteiger partial charge in [-0.25, -0.2) is 13.6 Å². The lowest BCUT2D eigenvalue weighted by Gasteiger charge is -2.48. The topological polar surface area (TPSA) is 70.9 Å². The minimum Gasteiger partial charge on any atom is -0.380 e. The molecule has 1 aromatic heterocycles. The van der Waals surface area contributed by atoms with E-state index in [1.54, 1.807) is 15.5 Å². The lowest BCUT2D eigenvalue weighted by molar-refractivity contribution is -0.140. The molecule has 4 aliphatic rings. The number of hydrogen-bond donors (Lipinski definition) is 0. The van der Waals surface area contributed by atoms with Gasteiger partial charge in [0.1, 0.15) is 17.5 Å². The molecule has 3 aromatic rings. The number of nitrogens with zero attached hydrogens (tertiary/aromatic N) is 5. The molecule has 3 fully saturated rings. The van der Waals surface area contributed by atoms with Crippen molar-refractivity contribution in [3.8, 4) is 11.1 Å². The van der Waals surface area contributed by atoms with Gasteiger partial charge in [0.2, 0.25) is 5.91 Å². The summed E-state index contributed by atoms with van der Waals surface area (Å²) in [6.07, 6.45) is 3.44. The number of thioether (sulfide) groups is 1. The van der Waals surface area contributed by atoms with Gasteiger partial charge in [0.25, 0.3) is 0 Å².